The van der Waals surface area contributed by atoms with Crippen molar-refractivity contribution in [3.8, 4) is 0 Å². The van der Waals surface area contributed by atoms with E-state index in [0.29, 0.717) is 23.0 Å². The van der Waals surface area contributed by atoms with Crippen molar-refractivity contribution in [3.05, 3.63) is 40.9 Å². The van der Waals surface area contributed by atoms with E-state index in [1.54, 1.807) is 6.20 Å². The zero-order valence-electron chi connectivity index (χ0n) is 20.4. The van der Waals surface area contributed by atoms with E-state index in [9.17, 15) is 9.90 Å². The maximum absolute atomic E-state index is 12.1. The minimum absolute atomic E-state index is 0.0334. The Morgan fingerprint density at radius 2 is 2.09 bits per heavy atom. The Hall–Kier alpha value is -2.58. The van der Waals surface area contributed by atoms with Gasteiger partial charge in [-0.1, -0.05) is 18.5 Å². The Bertz CT molecular complexity index is 1270. The fraction of sp³-hybridized carbons (Fsp3) is 0.577. The van der Waals surface area contributed by atoms with E-state index in [4.69, 9.17) is 16.6 Å². The second-order valence-electron chi connectivity index (χ2n) is 10.9. The van der Waals surface area contributed by atoms with Gasteiger partial charge in [-0.3, -0.25) is 9.58 Å². The summed E-state index contributed by atoms with van der Waals surface area (Å²) in [5.74, 6) is 1.20. The number of hydrogen-bond acceptors (Lipinski definition) is 4. The number of anilines is 1. The molecular weight excluding hydrogens is 464 g/mol. The van der Waals surface area contributed by atoms with Crippen LogP contribution in [0.5, 0.6) is 0 Å². The number of carbonyl (C=O) groups is 1. The van der Waals surface area contributed by atoms with E-state index in [1.807, 2.05) is 23.9 Å². The smallest absolute Gasteiger partial charge is 0.412 e. The lowest BCUT2D eigenvalue weighted by atomic mass is 9.60. The van der Waals surface area contributed by atoms with Gasteiger partial charge < -0.3 is 15.0 Å². The third-order valence-corrected chi connectivity index (χ3v) is 8.75. The number of aromatic nitrogens is 4. The Morgan fingerprint density at radius 1 is 1.31 bits per heavy atom. The molecule has 0 bridgehead atoms. The zero-order chi connectivity index (χ0) is 24.3. The lowest BCUT2D eigenvalue weighted by Crippen LogP contribution is -2.46. The van der Waals surface area contributed by atoms with E-state index in [2.05, 4.69) is 28.0 Å². The summed E-state index contributed by atoms with van der Waals surface area (Å²) in [6.07, 6.45) is 9.13. The van der Waals surface area contributed by atoms with Gasteiger partial charge in [0.05, 0.1) is 34.5 Å². The highest BCUT2D eigenvalue weighted by atomic mass is 35.5. The van der Waals surface area contributed by atoms with Gasteiger partial charge in [0.2, 0.25) is 0 Å². The lowest BCUT2D eigenvalue weighted by molar-refractivity contribution is 0.0289. The number of nitrogens with zero attached hydrogens (tertiary/aromatic N) is 5. The fourth-order valence-electron chi connectivity index (χ4n) is 6.73. The average Bonchev–Trinajstić information content (AvgIpc) is 3.40. The molecule has 2 N–H and O–H groups in total. The molecule has 35 heavy (non-hydrogen) atoms. The predicted octanol–water partition coefficient (Wildman–Crippen LogP) is 5.21. The first-order chi connectivity index (χ1) is 16.8. The molecule has 1 spiro atoms. The molecule has 1 aromatic carbocycles. The number of nitrogens with one attached hydrogen (secondary N) is 1. The number of hydrogen-bond donors (Lipinski definition) is 2. The summed E-state index contributed by atoms with van der Waals surface area (Å²) < 4.78 is 4.36. The molecule has 8 nitrogen and oxygen atoms in total. The number of fused-ring (bicyclic) bond motifs is 3. The number of benzene rings is 1. The van der Waals surface area contributed by atoms with Crippen molar-refractivity contribution in [1.29, 1.82) is 0 Å². The topological polar surface area (TPSA) is 88.2 Å². The molecular formula is C26H33ClN6O2. The summed E-state index contributed by atoms with van der Waals surface area (Å²) in [5.41, 5.74) is 4.40. The van der Waals surface area contributed by atoms with Gasteiger partial charge >= 0.3 is 6.09 Å². The standard InChI is InChI=1S/C26H33ClN6O2/c1-16(14-31-15-18(27)13-29-31)24-30-23-20-4-3-17(2)32(25(34)35)21(20)5-6-22(23)33(24)19-11-26(12-19)7-9-28-10-8-26/h5-6,13,15-17,19,28H,3-4,7-12,14H2,1-2H3,(H,34,35). The van der Waals surface area contributed by atoms with Gasteiger partial charge in [-0.25, -0.2) is 9.78 Å². The molecule has 3 aliphatic rings. The Balaban J connectivity index is 1.43. The third kappa shape index (κ3) is 3.82. The second-order valence-corrected chi connectivity index (χ2v) is 11.3. The number of imidazole rings is 1. The molecule has 2 unspecified atom stereocenters. The molecule has 2 aliphatic heterocycles. The number of amides is 1. The van der Waals surface area contributed by atoms with E-state index < -0.39 is 6.09 Å². The number of aryl methyl sites for hydroxylation is 1. The highest BCUT2D eigenvalue weighted by Crippen LogP contribution is 2.55. The van der Waals surface area contributed by atoms with Gasteiger partial charge in [-0.2, -0.15) is 5.10 Å². The number of halogens is 1. The van der Waals surface area contributed by atoms with Crippen LogP contribution in [0.15, 0.2) is 24.5 Å². The first-order valence-electron chi connectivity index (χ1n) is 12.8. The molecule has 9 heteroatoms. The van der Waals surface area contributed by atoms with Crippen LogP contribution in [-0.4, -0.2) is 49.7 Å². The van der Waals surface area contributed by atoms with E-state index in [1.165, 1.54) is 30.6 Å². The van der Waals surface area contributed by atoms with Gasteiger partial charge in [0.25, 0.3) is 0 Å². The van der Waals surface area contributed by atoms with E-state index in [-0.39, 0.29) is 12.0 Å². The largest absolute Gasteiger partial charge is 0.465 e. The monoisotopic (exact) mass is 496 g/mol. The average molecular weight is 497 g/mol. The van der Waals surface area contributed by atoms with Crippen LogP contribution < -0.4 is 10.2 Å². The van der Waals surface area contributed by atoms with Crippen molar-refractivity contribution < 1.29 is 9.90 Å². The van der Waals surface area contributed by atoms with Gasteiger partial charge in [0.1, 0.15) is 5.82 Å². The van der Waals surface area contributed by atoms with Crippen LogP contribution in [0, 0.1) is 5.41 Å². The zero-order valence-corrected chi connectivity index (χ0v) is 21.1. The van der Waals surface area contributed by atoms with Crippen molar-refractivity contribution in [3.63, 3.8) is 0 Å². The maximum atomic E-state index is 12.1. The third-order valence-electron chi connectivity index (χ3n) is 8.56. The van der Waals surface area contributed by atoms with Crippen molar-refractivity contribution in [2.24, 2.45) is 5.41 Å². The quantitative estimate of drug-likeness (QED) is 0.517. The van der Waals surface area contributed by atoms with Crippen molar-refractivity contribution >= 4 is 34.4 Å². The molecule has 1 saturated heterocycles. The van der Waals surface area contributed by atoms with Crippen LogP contribution in [0.3, 0.4) is 0 Å². The maximum Gasteiger partial charge on any atom is 0.412 e. The molecule has 1 amide bonds. The number of piperidine rings is 1. The van der Waals surface area contributed by atoms with Crippen molar-refractivity contribution in [1.82, 2.24) is 24.6 Å². The first-order valence-corrected chi connectivity index (χ1v) is 13.2. The summed E-state index contributed by atoms with van der Waals surface area (Å²) in [5, 5.41) is 18.4. The van der Waals surface area contributed by atoms with Crippen LogP contribution in [0.1, 0.15) is 69.3 Å². The first kappa shape index (κ1) is 22.9. The summed E-state index contributed by atoms with van der Waals surface area (Å²) in [6.45, 7) is 7.09. The summed E-state index contributed by atoms with van der Waals surface area (Å²) in [7, 11) is 0. The highest BCUT2D eigenvalue weighted by Gasteiger charge is 2.46. The molecule has 1 aliphatic carbocycles. The van der Waals surface area contributed by atoms with Gasteiger partial charge in [0.15, 0.2) is 0 Å². The molecule has 3 aromatic rings. The lowest BCUT2D eigenvalue weighted by Gasteiger charge is -2.51. The molecule has 4 heterocycles. The van der Waals surface area contributed by atoms with Crippen LogP contribution >= 0.6 is 11.6 Å². The Kier molecular flexibility index (Phi) is 5.56. The molecule has 2 aromatic heterocycles. The van der Waals surface area contributed by atoms with Crippen LogP contribution in [0.25, 0.3) is 11.0 Å². The summed E-state index contributed by atoms with van der Waals surface area (Å²) in [4.78, 5) is 18.8. The fourth-order valence-corrected chi connectivity index (χ4v) is 6.88. The summed E-state index contributed by atoms with van der Waals surface area (Å²) >= 11 is 6.12. The van der Waals surface area contributed by atoms with Crippen LogP contribution in [0.4, 0.5) is 10.5 Å². The van der Waals surface area contributed by atoms with Crippen LogP contribution in [-0.2, 0) is 13.0 Å². The molecule has 186 valence electrons. The Morgan fingerprint density at radius 3 is 2.77 bits per heavy atom. The SMILES string of the molecule is CC(Cn1cc(Cl)cn1)c1nc2c3c(ccc2n1C1CC2(CCNCC2)C1)N(C(=O)O)C(C)CC3. The molecule has 2 fully saturated rings. The number of rotatable bonds is 4. The van der Waals surface area contributed by atoms with E-state index in [0.717, 1.165) is 54.0 Å². The van der Waals surface area contributed by atoms with Gasteiger partial charge in [0, 0.05) is 29.8 Å². The minimum Gasteiger partial charge on any atom is -0.465 e. The summed E-state index contributed by atoms with van der Waals surface area (Å²) in [6, 6.07) is 4.49. The molecule has 1 saturated carbocycles. The van der Waals surface area contributed by atoms with Crippen molar-refractivity contribution in [2.75, 3.05) is 18.0 Å². The van der Waals surface area contributed by atoms with Gasteiger partial charge in [-0.15, -0.1) is 0 Å². The van der Waals surface area contributed by atoms with E-state index >= 15 is 0 Å². The normalized spacial score (nSPS) is 22.8. The molecule has 6 rings (SSSR count). The predicted molar refractivity (Wildman–Crippen MR) is 136 cm³/mol. The molecule has 0 radical (unpaired) electrons. The van der Waals surface area contributed by atoms with Gasteiger partial charge in [-0.05, 0) is 76.1 Å². The second kappa shape index (κ2) is 8.52. The molecule has 2 atom stereocenters. The van der Waals surface area contributed by atoms with Crippen LogP contribution in [0.2, 0.25) is 5.02 Å². The number of carboxylic acid groups (broad SMARTS) is 1. The Labute approximate surface area is 210 Å². The van der Waals surface area contributed by atoms with Crippen molar-refractivity contribution in [2.45, 2.75) is 76.9 Å². The minimum atomic E-state index is -0.895. The highest BCUT2D eigenvalue weighted by molar-refractivity contribution is 6.30.